The molecule has 4 rings (SSSR count). The van der Waals surface area contributed by atoms with Crippen LogP contribution in [0.2, 0.25) is 10.0 Å². The Balaban J connectivity index is 1.38. The van der Waals surface area contributed by atoms with Crippen LogP contribution in [0, 0.1) is 0 Å². The number of aliphatic carboxylic acids is 1. The average molecular weight is 515 g/mol. The smallest absolute Gasteiger partial charge is 0.308 e. The van der Waals surface area contributed by atoms with E-state index in [4.69, 9.17) is 27.9 Å². The van der Waals surface area contributed by atoms with Gasteiger partial charge < -0.3 is 14.9 Å². The molecule has 10 heteroatoms. The second kappa shape index (κ2) is 11.3. The van der Waals surface area contributed by atoms with Crippen molar-refractivity contribution < 1.29 is 19.7 Å². The van der Waals surface area contributed by atoms with Gasteiger partial charge in [-0.25, -0.2) is 0 Å². The predicted octanol–water partition coefficient (Wildman–Crippen LogP) is 4.83. The second-order valence-corrected chi connectivity index (χ2v) is 8.90. The molecule has 0 aliphatic carbocycles. The number of rotatable bonds is 11. The van der Waals surface area contributed by atoms with E-state index in [9.17, 15) is 15.0 Å². The van der Waals surface area contributed by atoms with E-state index in [2.05, 4.69) is 10.2 Å². The molecule has 0 saturated heterocycles. The maximum atomic E-state index is 11.3. The van der Waals surface area contributed by atoms with Gasteiger partial charge in [-0.05, 0) is 36.1 Å². The fourth-order valence-corrected chi connectivity index (χ4v) is 4.18. The number of carboxylic acids is 1. The van der Waals surface area contributed by atoms with Crippen LogP contribution in [0.5, 0.6) is 11.8 Å². The van der Waals surface area contributed by atoms with E-state index in [0.717, 1.165) is 16.8 Å². The number of aromatic nitrogens is 4. The van der Waals surface area contributed by atoms with Crippen LogP contribution in [0.3, 0.4) is 0 Å². The molecule has 2 aromatic heterocycles. The molecule has 0 radical (unpaired) electrons. The molecule has 0 aliphatic rings. The van der Waals surface area contributed by atoms with E-state index in [1.54, 1.807) is 33.8 Å². The van der Waals surface area contributed by atoms with Crippen molar-refractivity contribution in [3.8, 4) is 11.8 Å². The van der Waals surface area contributed by atoms with Gasteiger partial charge in [-0.15, -0.1) is 10.2 Å². The van der Waals surface area contributed by atoms with Crippen LogP contribution in [0.4, 0.5) is 0 Å². The molecule has 0 fully saturated rings. The van der Waals surface area contributed by atoms with Gasteiger partial charge in [0, 0.05) is 33.6 Å². The first-order chi connectivity index (χ1) is 16.9. The Bertz CT molecular complexity index is 1300. The molecule has 0 aliphatic heterocycles. The highest BCUT2D eigenvalue weighted by Crippen LogP contribution is 2.24. The molecule has 0 unspecified atom stereocenters. The first-order valence-electron chi connectivity index (χ1n) is 11.0. The zero-order chi connectivity index (χ0) is 24.8. The Kier molecular flexibility index (Phi) is 7.94. The summed E-state index contributed by atoms with van der Waals surface area (Å²) in [5, 5.41) is 28.9. The number of ether oxygens (including phenoxy) is 1. The Morgan fingerprint density at radius 1 is 1.00 bits per heavy atom. The SMILES string of the molecule is O=C(O)Cc1cn(Cc2ccccc2)nc1OCCCc1cc(O)nn1Cc1ccc(Cl)cc1Cl. The van der Waals surface area contributed by atoms with E-state index in [1.807, 2.05) is 36.4 Å². The van der Waals surface area contributed by atoms with Crippen LogP contribution in [0.1, 0.15) is 28.8 Å². The molecule has 2 heterocycles. The Morgan fingerprint density at radius 3 is 2.54 bits per heavy atom. The monoisotopic (exact) mass is 514 g/mol. The molecule has 2 N–H and O–H groups in total. The van der Waals surface area contributed by atoms with Crippen molar-refractivity contribution in [1.29, 1.82) is 0 Å². The van der Waals surface area contributed by atoms with Gasteiger partial charge in [0.25, 0.3) is 0 Å². The molecule has 182 valence electrons. The van der Waals surface area contributed by atoms with Crippen LogP contribution in [0.15, 0.2) is 60.8 Å². The number of aromatic hydroxyl groups is 1. The van der Waals surface area contributed by atoms with E-state index in [1.165, 1.54) is 0 Å². The lowest BCUT2D eigenvalue weighted by Crippen LogP contribution is -2.09. The van der Waals surface area contributed by atoms with Gasteiger partial charge in [0.1, 0.15) is 0 Å². The third-order valence-corrected chi connectivity index (χ3v) is 5.92. The number of carboxylic acid groups (broad SMARTS) is 1. The molecule has 8 nitrogen and oxygen atoms in total. The van der Waals surface area contributed by atoms with Crippen LogP contribution >= 0.6 is 23.2 Å². The Labute approximate surface area is 212 Å². The van der Waals surface area contributed by atoms with Crippen LogP contribution in [-0.4, -0.2) is 42.4 Å². The molecule has 0 saturated carbocycles. The average Bonchev–Trinajstić information content (AvgIpc) is 3.35. The predicted molar refractivity (Wildman–Crippen MR) is 132 cm³/mol. The number of carbonyl (C=O) groups is 1. The topological polar surface area (TPSA) is 102 Å². The number of aryl methyl sites for hydroxylation is 1. The molecule has 0 atom stereocenters. The van der Waals surface area contributed by atoms with E-state index in [-0.39, 0.29) is 12.3 Å². The van der Waals surface area contributed by atoms with Gasteiger partial charge in [-0.2, -0.15) is 0 Å². The molecule has 35 heavy (non-hydrogen) atoms. The van der Waals surface area contributed by atoms with Crippen molar-refractivity contribution in [3.63, 3.8) is 0 Å². The van der Waals surface area contributed by atoms with Crippen molar-refractivity contribution in [3.05, 3.63) is 93.2 Å². The molecular formula is C25H24Cl2N4O4. The summed E-state index contributed by atoms with van der Waals surface area (Å²) in [7, 11) is 0. The maximum absolute atomic E-state index is 11.3. The van der Waals surface area contributed by atoms with Gasteiger partial charge in [0.05, 0.1) is 26.1 Å². The zero-order valence-corrected chi connectivity index (χ0v) is 20.3. The summed E-state index contributed by atoms with van der Waals surface area (Å²) in [5.74, 6) is -0.712. The standard InChI is InChI=1S/C25H24Cl2N4O4/c26-20-9-8-18(22(27)12-20)16-31-21(13-23(32)28-31)7-4-10-35-25-19(11-24(33)34)15-30(29-25)14-17-5-2-1-3-6-17/h1-3,5-6,8-9,12-13,15H,4,7,10-11,14,16H2,(H,28,32)(H,33,34). The zero-order valence-electron chi connectivity index (χ0n) is 18.8. The second-order valence-electron chi connectivity index (χ2n) is 8.05. The lowest BCUT2D eigenvalue weighted by atomic mass is 10.2. The summed E-state index contributed by atoms with van der Waals surface area (Å²) in [4.78, 5) is 11.3. The highest BCUT2D eigenvalue weighted by molar-refractivity contribution is 6.35. The number of hydrogen-bond acceptors (Lipinski definition) is 5. The summed E-state index contributed by atoms with van der Waals surface area (Å²) in [6.45, 7) is 1.23. The highest BCUT2D eigenvalue weighted by Gasteiger charge is 2.15. The number of benzene rings is 2. The lowest BCUT2D eigenvalue weighted by molar-refractivity contribution is -0.136. The highest BCUT2D eigenvalue weighted by atomic mass is 35.5. The third-order valence-electron chi connectivity index (χ3n) is 5.33. The molecule has 0 spiro atoms. The van der Waals surface area contributed by atoms with Gasteiger partial charge in [-0.3, -0.25) is 14.2 Å². The molecule has 0 amide bonds. The Morgan fingerprint density at radius 2 is 1.80 bits per heavy atom. The first kappa shape index (κ1) is 24.6. The number of halogens is 2. The molecule has 0 bridgehead atoms. The van der Waals surface area contributed by atoms with Crippen LogP contribution in [-0.2, 0) is 30.7 Å². The number of nitrogens with zero attached hydrogens (tertiary/aromatic N) is 4. The van der Waals surface area contributed by atoms with Gasteiger partial charge in [-0.1, -0.05) is 59.6 Å². The summed E-state index contributed by atoms with van der Waals surface area (Å²) in [5.41, 5.74) is 3.22. The Hall–Kier alpha value is -3.49. The molecule has 2 aromatic carbocycles. The van der Waals surface area contributed by atoms with Crippen LogP contribution in [0.25, 0.3) is 0 Å². The fraction of sp³-hybridized carbons (Fsp3) is 0.240. The summed E-state index contributed by atoms with van der Waals surface area (Å²) < 4.78 is 9.23. The minimum Gasteiger partial charge on any atom is -0.492 e. The normalized spacial score (nSPS) is 11.0. The third kappa shape index (κ3) is 6.77. The van der Waals surface area contributed by atoms with E-state index >= 15 is 0 Å². The minimum atomic E-state index is -0.950. The maximum Gasteiger partial charge on any atom is 0.308 e. The van der Waals surface area contributed by atoms with Crippen LogP contribution < -0.4 is 4.74 Å². The summed E-state index contributed by atoms with van der Waals surface area (Å²) in [6, 6.07) is 16.6. The van der Waals surface area contributed by atoms with Crippen molar-refractivity contribution in [2.24, 2.45) is 0 Å². The lowest BCUT2D eigenvalue weighted by Gasteiger charge is -2.10. The largest absolute Gasteiger partial charge is 0.492 e. The van der Waals surface area contributed by atoms with Crippen molar-refractivity contribution in [2.75, 3.05) is 6.61 Å². The fourth-order valence-electron chi connectivity index (χ4n) is 3.71. The van der Waals surface area contributed by atoms with E-state index < -0.39 is 5.97 Å². The molecular weight excluding hydrogens is 491 g/mol. The van der Waals surface area contributed by atoms with Gasteiger partial charge in [0.2, 0.25) is 11.8 Å². The molecule has 4 aromatic rings. The minimum absolute atomic E-state index is 0.0746. The van der Waals surface area contributed by atoms with Gasteiger partial charge >= 0.3 is 5.97 Å². The quantitative estimate of drug-likeness (QED) is 0.278. The van der Waals surface area contributed by atoms with Crippen molar-refractivity contribution in [2.45, 2.75) is 32.4 Å². The van der Waals surface area contributed by atoms with Crippen molar-refractivity contribution in [1.82, 2.24) is 19.6 Å². The van der Waals surface area contributed by atoms with Crippen molar-refractivity contribution >= 4 is 29.2 Å². The van der Waals surface area contributed by atoms with Gasteiger partial charge in [0.15, 0.2) is 0 Å². The first-order valence-corrected chi connectivity index (χ1v) is 11.8. The summed E-state index contributed by atoms with van der Waals surface area (Å²) in [6.07, 6.45) is 2.72. The van der Waals surface area contributed by atoms with E-state index in [0.29, 0.717) is 54.0 Å². The number of hydrogen-bond donors (Lipinski definition) is 2. The summed E-state index contributed by atoms with van der Waals surface area (Å²) >= 11 is 12.2.